The molecule has 0 saturated carbocycles. The number of morpholine rings is 1. The summed E-state index contributed by atoms with van der Waals surface area (Å²) in [5.74, 6) is 0. The van der Waals surface area contributed by atoms with Crippen molar-refractivity contribution < 1.29 is 17.9 Å². The van der Waals surface area contributed by atoms with E-state index < -0.39 is 11.9 Å². The Morgan fingerprint density at radius 2 is 1.43 bits per heavy atom. The minimum Gasteiger partial charge on any atom is -0.378 e. The van der Waals surface area contributed by atoms with Crippen molar-refractivity contribution in [2.45, 2.75) is 6.18 Å². The molecular weight excluding hydrogens is 363 g/mol. The van der Waals surface area contributed by atoms with Crippen LogP contribution in [0.4, 0.5) is 13.2 Å². The predicted molar refractivity (Wildman–Crippen MR) is 105 cm³/mol. The molecule has 28 heavy (non-hydrogen) atoms. The zero-order chi connectivity index (χ0) is 19.6. The van der Waals surface area contributed by atoms with Crippen LogP contribution in [0.25, 0.3) is 16.3 Å². The van der Waals surface area contributed by atoms with Crippen molar-refractivity contribution in [2.75, 3.05) is 26.3 Å². The van der Waals surface area contributed by atoms with Gasteiger partial charge in [-0.1, -0.05) is 72.8 Å². The Morgan fingerprint density at radius 1 is 0.786 bits per heavy atom. The third-order valence-electron chi connectivity index (χ3n) is 4.95. The summed E-state index contributed by atoms with van der Waals surface area (Å²) in [6.45, 7) is 1.01. The number of hydrogen-bond acceptors (Lipinski definition) is 2. The van der Waals surface area contributed by atoms with Gasteiger partial charge in [-0.25, -0.2) is 0 Å². The zero-order valence-corrected chi connectivity index (χ0v) is 15.2. The van der Waals surface area contributed by atoms with Gasteiger partial charge in [-0.2, -0.15) is 13.2 Å². The summed E-state index contributed by atoms with van der Waals surface area (Å²) in [5.41, 5.74) is 0.755. The normalized spacial score (nSPS) is 16.2. The van der Waals surface area contributed by atoms with E-state index in [1.54, 1.807) is 30.3 Å². The molecule has 0 atom stereocenters. The smallest absolute Gasteiger partial charge is 0.378 e. The third kappa shape index (κ3) is 3.62. The minimum atomic E-state index is -4.49. The molecule has 1 fully saturated rings. The Morgan fingerprint density at radius 3 is 2.14 bits per heavy atom. The summed E-state index contributed by atoms with van der Waals surface area (Å²) in [6, 6.07) is 21.9. The molecule has 0 spiro atoms. The molecule has 2 nitrogen and oxygen atoms in total. The van der Waals surface area contributed by atoms with Gasteiger partial charge in [0.25, 0.3) is 0 Å². The minimum absolute atomic E-state index is 0.215. The first-order chi connectivity index (χ1) is 13.6. The highest BCUT2D eigenvalue weighted by Crippen LogP contribution is 2.40. The van der Waals surface area contributed by atoms with Gasteiger partial charge in [0, 0.05) is 18.7 Å². The maximum Gasteiger partial charge on any atom is 0.431 e. The molecule has 3 aromatic rings. The van der Waals surface area contributed by atoms with Crippen molar-refractivity contribution >= 4 is 16.3 Å². The molecule has 0 bridgehead atoms. The average Bonchev–Trinajstić information content (AvgIpc) is 2.72. The Kier molecular flexibility index (Phi) is 5.09. The van der Waals surface area contributed by atoms with E-state index in [9.17, 15) is 13.2 Å². The molecule has 0 N–H and O–H groups in total. The van der Waals surface area contributed by atoms with E-state index in [-0.39, 0.29) is 31.9 Å². The number of benzene rings is 3. The second-order valence-electron chi connectivity index (χ2n) is 6.71. The van der Waals surface area contributed by atoms with E-state index in [2.05, 4.69) is 0 Å². The molecule has 1 aliphatic rings. The van der Waals surface area contributed by atoms with Gasteiger partial charge in [0.15, 0.2) is 0 Å². The van der Waals surface area contributed by atoms with Crippen molar-refractivity contribution in [1.29, 1.82) is 0 Å². The van der Waals surface area contributed by atoms with Crippen molar-refractivity contribution in [1.82, 2.24) is 4.90 Å². The first-order valence-corrected chi connectivity index (χ1v) is 9.23. The summed E-state index contributed by atoms with van der Waals surface area (Å²) in [5, 5.41) is 1.72. The molecular formula is C23H20F3NO. The number of halogens is 3. The van der Waals surface area contributed by atoms with E-state index in [4.69, 9.17) is 4.74 Å². The molecule has 1 heterocycles. The fourth-order valence-corrected chi connectivity index (χ4v) is 3.73. The summed E-state index contributed by atoms with van der Waals surface area (Å²) in [6.07, 6.45) is -4.49. The highest BCUT2D eigenvalue weighted by atomic mass is 19.4. The van der Waals surface area contributed by atoms with Gasteiger partial charge in [-0.15, -0.1) is 0 Å². The molecule has 1 saturated heterocycles. The van der Waals surface area contributed by atoms with Gasteiger partial charge < -0.3 is 9.64 Å². The summed E-state index contributed by atoms with van der Waals surface area (Å²) in [7, 11) is 0. The Labute approximate surface area is 161 Å². The van der Waals surface area contributed by atoms with Crippen molar-refractivity contribution in [3.8, 4) is 0 Å². The largest absolute Gasteiger partial charge is 0.431 e. The van der Waals surface area contributed by atoms with Crippen LogP contribution >= 0.6 is 0 Å². The van der Waals surface area contributed by atoms with Crippen LogP contribution < -0.4 is 0 Å². The van der Waals surface area contributed by atoms with E-state index in [0.29, 0.717) is 11.1 Å². The van der Waals surface area contributed by atoms with Gasteiger partial charge in [-0.3, -0.25) is 0 Å². The van der Waals surface area contributed by atoms with Gasteiger partial charge in [0.05, 0.1) is 13.2 Å². The highest BCUT2D eigenvalue weighted by Gasteiger charge is 2.41. The SMILES string of the molecule is FC(F)(F)/C(=C(/c1ccccc1)c1cccc2ccccc12)N1CCOCC1. The van der Waals surface area contributed by atoms with E-state index in [0.717, 1.165) is 10.8 Å². The van der Waals surface area contributed by atoms with E-state index >= 15 is 0 Å². The lowest BCUT2D eigenvalue weighted by atomic mass is 9.91. The predicted octanol–water partition coefficient (Wildman–Crippen LogP) is 5.49. The van der Waals surface area contributed by atoms with Gasteiger partial charge >= 0.3 is 6.18 Å². The van der Waals surface area contributed by atoms with Crippen LogP contribution in [0.1, 0.15) is 11.1 Å². The fourth-order valence-electron chi connectivity index (χ4n) is 3.73. The number of nitrogens with zero attached hydrogens (tertiary/aromatic N) is 1. The summed E-state index contributed by atoms with van der Waals surface area (Å²) >= 11 is 0. The standard InChI is InChI=1S/C23H20F3NO/c24-23(25,26)22(27-13-15-28-16-14-27)21(18-8-2-1-3-9-18)20-12-6-10-17-7-4-5-11-19(17)20/h1-12H,13-16H2/b22-21+. The van der Waals surface area contributed by atoms with Crippen LogP contribution in [0.15, 0.2) is 78.5 Å². The maximum atomic E-state index is 14.4. The number of allylic oxidation sites excluding steroid dienone is 1. The monoisotopic (exact) mass is 383 g/mol. The van der Waals surface area contributed by atoms with E-state index in [1.165, 1.54) is 4.90 Å². The van der Waals surface area contributed by atoms with Gasteiger partial charge in [0.2, 0.25) is 0 Å². The van der Waals surface area contributed by atoms with Crippen LogP contribution in [0, 0.1) is 0 Å². The number of hydrogen-bond donors (Lipinski definition) is 0. The maximum absolute atomic E-state index is 14.4. The molecule has 1 aliphatic heterocycles. The van der Waals surface area contributed by atoms with Gasteiger partial charge in [-0.05, 0) is 21.9 Å². The lowest BCUT2D eigenvalue weighted by Gasteiger charge is -2.34. The molecule has 5 heteroatoms. The first kappa shape index (κ1) is 18.6. The fraction of sp³-hybridized carbons (Fsp3) is 0.217. The second-order valence-corrected chi connectivity index (χ2v) is 6.71. The topological polar surface area (TPSA) is 12.5 Å². The molecule has 0 radical (unpaired) electrons. The first-order valence-electron chi connectivity index (χ1n) is 9.23. The van der Waals surface area contributed by atoms with Gasteiger partial charge in [0.1, 0.15) is 5.70 Å². The van der Waals surface area contributed by atoms with Crippen LogP contribution in [0.2, 0.25) is 0 Å². The zero-order valence-electron chi connectivity index (χ0n) is 15.2. The Bertz CT molecular complexity index is 984. The summed E-state index contributed by atoms with van der Waals surface area (Å²) < 4.78 is 48.4. The lowest BCUT2D eigenvalue weighted by Crippen LogP contribution is -2.41. The average molecular weight is 383 g/mol. The quantitative estimate of drug-likeness (QED) is 0.593. The lowest BCUT2D eigenvalue weighted by molar-refractivity contribution is -0.117. The molecule has 144 valence electrons. The molecule has 3 aromatic carbocycles. The van der Waals surface area contributed by atoms with Crippen LogP contribution in [-0.4, -0.2) is 37.4 Å². The van der Waals surface area contributed by atoms with Crippen LogP contribution in [0.5, 0.6) is 0 Å². The molecule has 0 amide bonds. The second kappa shape index (κ2) is 7.68. The van der Waals surface area contributed by atoms with Crippen LogP contribution in [-0.2, 0) is 4.74 Å². The van der Waals surface area contributed by atoms with Crippen molar-refractivity contribution in [2.24, 2.45) is 0 Å². The summed E-state index contributed by atoms with van der Waals surface area (Å²) in [4.78, 5) is 1.41. The van der Waals surface area contributed by atoms with Crippen molar-refractivity contribution in [3.63, 3.8) is 0 Å². The molecule has 0 unspecified atom stereocenters. The molecule has 0 aromatic heterocycles. The van der Waals surface area contributed by atoms with Crippen LogP contribution in [0.3, 0.4) is 0 Å². The van der Waals surface area contributed by atoms with E-state index in [1.807, 2.05) is 42.5 Å². The number of fused-ring (bicyclic) bond motifs is 1. The number of alkyl halides is 3. The highest BCUT2D eigenvalue weighted by molar-refractivity contribution is 5.98. The Balaban J connectivity index is 2.06. The van der Waals surface area contributed by atoms with Crippen molar-refractivity contribution in [3.05, 3.63) is 89.6 Å². The Hall–Kier alpha value is -2.79. The molecule has 0 aliphatic carbocycles. The third-order valence-corrected chi connectivity index (χ3v) is 4.95. The number of ether oxygens (including phenoxy) is 1. The number of rotatable bonds is 3. The molecule has 4 rings (SSSR count).